The van der Waals surface area contributed by atoms with E-state index >= 15 is 0 Å². The zero-order chi connectivity index (χ0) is 11.5. The lowest BCUT2D eigenvalue weighted by atomic mass is 10.3. The lowest BCUT2D eigenvalue weighted by Crippen LogP contribution is -2.07. The number of hydrogen-bond acceptors (Lipinski definition) is 4. The summed E-state index contributed by atoms with van der Waals surface area (Å²) in [6.07, 6.45) is 0.416. The summed E-state index contributed by atoms with van der Waals surface area (Å²) in [5.41, 5.74) is 0. The topological polar surface area (TPSA) is 87.4 Å². The van der Waals surface area contributed by atoms with Crippen LogP contribution in [0.15, 0.2) is 0 Å². The molecule has 5 nitrogen and oxygen atoms in total. The fraction of sp³-hybridized carbons (Fsp3) is 0.500. The maximum atomic E-state index is 10.8. The first-order valence-electron chi connectivity index (χ1n) is 4.37. The summed E-state index contributed by atoms with van der Waals surface area (Å²) >= 11 is 0. The van der Waals surface area contributed by atoms with Gasteiger partial charge in [-0.2, -0.15) is 5.26 Å². The number of hydrogen-bond donors (Lipinski definition) is 1. The number of carbonyl (C=O) groups is 2. The number of ether oxygens (including phenoxy) is 1. The maximum Gasteiger partial charge on any atom is 0.307 e. The van der Waals surface area contributed by atoms with Crippen molar-refractivity contribution in [2.24, 2.45) is 0 Å². The van der Waals surface area contributed by atoms with E-state index in [1.165, 1.54) is 0 Å². The van der Waals surface area contributed by atoms with Crippen LogP contribution in [0.1, 0.15) is 25.7 Å². The van der Waals surface area contributed by atoms with Gasteiger partial charge in [0.1, 0.15) is 0 Å². The van der Waals surface area contributed by atoms with Gasteiger partial charge < -0.3 is 9.84 Å². The summed E-state index contributed by atoms with van der Waals surface area (Å²) in [7, 11) is 0. The standard InChI is InChI=1S/C10H11NO4/c11-7-3-1-2-4-8-15-10(14)6-5-9(12)13/h1,3,5-6,8H2,(H,12,13). The first-order chi connectivity index (χ1) is 7.16. The Hall–Kier alpha value is -2.01. The van der Waals surface area contributed by atoms with Crippen molar-refractivity contribution in [3.05, 3.63) is 0 Å². The van der Waals surface area contributed by atoms with Crippen LogP contribution < -0.4 is 0 Å². The first kappa shape index (κ1) is 13.0. The minimum absolute atomic E-state index is 0.0517. The number of carboxylic acid groups (broad SMARTS) is 1. The Bertz CT molecular complexity index is 319. The second-order valence-electron chi connectivity index (χ2n) is 2.57. The Morgan fingerprint density at radius 1 is 1.20 bits per heavy atom. The Morgan fingerprint density at radius 2 is 1.93 bits per heavy atom. The zero-order valence-corrected chi connectivity index (χ0v) is 8.15. The zero-order valence-electron chi connectivity index (χ0n) is 8.15. The molecule has 15 heavy (non-hydrogen) atoms. The van der Waals surface area contributed by atoms with Crippen molar-refractivity contribution >= 4 is 11.9 Å². The van der Waals surface area contributed by atoms with E-state index in [4.69, 9.17) is 10.4 Å². The molecule has 0 aromatic rings. The lowest BCUT2D eigenvalue weighted by molar-refractivity contribution is -0.146. The number of nitriles is 1. The van der Waals surface area contributed by atoms with Crippen LogP contribution in [-0.2, 0) is 14.3 Å². The van der Waals surface area contributed by atoms with Gasteiger partial charge in [0.2, 0.25) is 0 Å². The Kier molecular flexibility index (Phi) is 7.43. The van der Waals surface area contributed by atoms with Crippen LogP contribution in [-0.4, -0.2) is 23.7 Å². The molecule has 0 saturated heterocycles. The predicted molar refractivity (Wildman–Crippen MR) is 50.5 cm³/mol. The lowest BCUT2D eigenvalue weighted by Gasteiger charge is -1.97. The number of nitrogens with zero attached hydrogens (tertiary/aromatic N) is 1. The predicted octanol–water partition coefficient (Wildman–Crippen LogP) is 0.702. The normalized spacial score (nSPS) is 8.20. The van der Waals surface area contributed by atoms with Crippen LogP contribution in [0.3, 0.4) is 0 Å². The van der Waals surface area contributed by atoms with Gasteiger partial charge in [-0.1, -0.05) is 11.8 Å². The fourth-order valence-electron chi connectivity index (χ4n) is 0.656. The number of esters is 1. The van der Waals surface area contributed by atoms with Crippen LogP contribution >= 0.6 is 0 Å². The molecule has 1 N–H and O–H groups in total. The van der Waals surface area contributed by atoms with E-state index in [1.54, 1.807) is 0 Å². The maximum absolute atomic E-state index is 10.8. The molecule has 0 aliphatic heterocycles. The molecular weight excluding hydrogens is 198 g/mol. The monoisotopic (exact) mass is 209 g/mol. The smallest absolute Gasteiger partial charge is 0.307 e. The van der Waals surface area contributed by atoms with Gasteiger partial charge >= 0.3 is 11.9 Å². The van der Waals surface area contributed by atoms with Crippen molar-refractivity contribution in [2.75, 3.05) is 6.61 Å². The molecular formula is C10H11NO4. The molecule has 0 rings (SSSR count). The molecule has 0 radical (unpaired) electrons. The Labute approximate surface area is 87.6 Å². The van der Waals surface area contributed by atoms with E-state index < -0.39 is 11.9 Å². The van der Waals surface area contributed by atoms with Crippen LogP contribution in [0.2, 0.25) is 0 Å². The van der Waals surface area contributed by atoms with Crippen molar-refractivity contribution in [1.82, 2.24) is 0 Å². The number of carbonyl (C=O) groups excluding carboxylic acids is 1. The molecule has 0 aromatic heterocycles. The van der Waals surface area contributed by atoms with Crippen molar-refractivity contribution < 1.29 is 19.4 Å². The SMILES string of the molecule is N#CCCC#CCOC(=O)CCC(=O)O. The third-order valence-electron chi connectivity index (χ3n) is 1.34. The summed E-state index contributed by atoms with van der Waals surface area (Å²) in [6.45, 7) is -0.0517. The van der Waals surface area contributed by atoms with Crippen molar-refractivity contribution in [3.8, 4) is 17.9 Å². The van der Waals surface area contributed by atoms with Crippen molar-refractivity contribution in [1.29, 1.82) is 5.26 Å². The number of rotatable bonds is 5. The van der Waals surface area contributed by atoms with Crippen LogP contribution in [0.5, 0.6) is 0 Å². The summed E-state index contributed by atoms with van der Waals surface area (Å²) in [5.74, 6) is 3.58. The van der Waals surface area contributed by atoms with Crippen molar-refractivity contribution in [3.63, 3.8) is 0 Å². The van der Waals surface area contributed by atoms with Gasteiger partial charge in [-0.15, -0.1) is 0 Å². The summed E-state index contributed by atoms with van der Waals surface area (Å²) in [6, 6.07) is 1.92. The van der Waals surface area contributed by atoms with Gasteiger partial charge in [0.15, 0.2) is 6.61 Å². The highest BCUT2D eigenvalue weighted by Crippen LogP contribution is 1.92. The Morgan fingerprint density at radius 3 is 2.53 bits per heavy atom. The Balaban J connectivity index is 3.49. The molecule has 80 valence electrons. The van der Waals surface area contributed by atoms with E-state index in [1.807, 2.05) is 6.07 Å². The van der Waals surface area contributed by atoms with E-state index in [0.29, 0.717) is 12.8 Å². The molecule has 0 amide bonds. The molecule has 0 heterocycles. The molecule has 0 fully saturated rings. The summed E-state index contributed by atoms with van der Waals surface area (Å²) in [5, 5.41) is 16.4. The van der Waals surface area contributed by atoms with Gasteiger partial charge in [0, 0.05) is 12.8 Å². The molecule has 0 unspecified atom stereocenters. The van der Waals surface area contributed by atoms with Gasteiger partial charge in [-0.05, 0) is 0 Å². The van der Waals surface area contributed by atoms with Gasteiger partial charge in [0.05, 0.1) is 18.9 Å². The third-order valence-corrected chi connectivity index (χ3v) is 1.34. The van der Waals surface area contributed by atoms with Crippen LogP contribution in [0.4, 0.5) is 0 Å². The van der Waals surface area contributed by atoms with Crippen LogP contribution in [0, 0.1) is 23.2 Å². The number of aliphatic carboxylic acids is 1. The average molecular weight is 209 g/mol. The number of unbranched alkanes of at least 4 members (excludes halogenated alkanes) is 1. The molecule has 5 heteroatoms. The summed E-state index contributed by atoms with van der Waals surface area (Å²) in [4.78, 5) is 20.9. The first-order valence-corrected chi connectivity index (χ1v) is 4.37. The second-order valence-corrected chi connectivity index (χ2v) is 2.57. The van der Waals surface area contributed by atoms with Crippen LogP contribution in [0.25, 0.3) is 0 Å². The molecule has 0 bridgehead atoms. The molecule has 0 aliphatic rings. The number of carboxylic acids is 1. The molecule has 0 aromatic carbocycles. The molecule has 0 aliphatic carbocycles. The average Bonchev–Trinajstić information content (AvgIpc) is 2.20. The molecule has 0 spiro atoms. The minimum Gasteiger partial charge on any atom is -0.481 e. The van der Waals surface area contributed by atoms with E-state index in [0.717, 1.165) is 0 Å². The van der Waals surface area contributed by atoms with E-state index in [9.17, 15) is 9.59 Å². The van der Waals surface area contributed by atoms with Gasteiger partial charge in [-0.3, -0.25) is 9.59 Å². The summed E-state index contributed by atoms with van der Waals surface area (Å²) < 4.78 is 4.61. The highest BCUT2D eigenvalue weighted by molar-refractivity contribution is 5.76. The highest BCUT2D eigenvalue weighted by Gasteiger charge is 2.04. The van der Waals surface area contributed by atoms with Crippen molar-refractivity contribution in [2.45, 2.75) is 25.7 Å². The molecule has 0 saturated carbocycles. The highest BCUT2D eigenvalue weighted by atomic mass is 16.5. The minimum atomic E-state index is -1.04. The van der Waals surface area contributed by atoms with Gasteiger partial charge in [-0.25, -0.2) is 0 Å². The third kappa shape index (κ3) is 9.91. The van der Waals surface area contributed by atoms with Gasteiger partial charge in [0.25, 0.3) is 0 Å². The van der Waals surface area contributed by atoms with E-state index in [2.05, 4.69) is 16.6 Å². The van der Waals surface area contributed by atoms with E-state index in [-0.39, 0.29) is 19.4 Å². The quantitative estimate of drug-likeness (QED) is 0.409. The fourth-order valence-corrected chi connectivity index (χ4v) is 0.656. The second kappa shape index (κ2) is 8.58. The molecule has 0 atom stereocenters. The largest absolute Gasteiger partial charge is 0.481 e.